The van der Waals surface area contributed by atoms with Gasteiger partial charge in [-0.1, -0.05) is 6.07 Å². The summed E-state index contributed by atoms with van der Waals surface area (Å²) >= 11 is 0. The zero-order valence-electron chi connectivity index (χ0n) is 11.4. The second-order valence-electron chi connectivity index (χ2n) is 5.22. The SMILES string of the molecule is CNC(c1ccc(F)c(C(F)(F)F)c1)C1(C)CCCO1. The molecule has 1 fully saturated rings. The van der Waals surface area contributed by atoms with Crippen molar-refractivity contribution in [3.8, 4) is 0 Å². The van der Waals surface area contributed by atoms with E-state index < -0.39 is 29.2 Å². The molecular formula is C14H17F4NO. The quantitative estimate of drug-likeness (QED) is 0.858. The number of halogens is 4. The lowest BCUT2D eigenvalue weighted by atomic mass is 9.87. The van der Waals surface area contributed by atoms with Crippen molar-refractivity contribution in [3.63, 3.8) is 0 Å². The first-order chi connectivity index (χ1) is 9.28. The molecule has 0 radical (unpaired) electrons. The zero-order valence-corrected chi connectivity index (χ0v) is 11.4. The first-order valence-corrected chi connectivity index (χ1v) is 6.46. The van der Waals surface area contributed by atoms with Crippen molar-refractivity contribution in [3.05, 3.63) is 35.1 Å². The Balaban J connectivity index is 2.41. The average molecular weight is 291 g/mol. The van der Waals surface area contributed by atoms with Gasteiger partial charge < -0.3 is 10.1 Å². The molecule has 0 amide bonds. The summed E-state index contributed by atoms with van der Waals surface area (Å²) in [5, 5.41) is 2.98. The predicted molar refractivity (Wildman–Crippen MR) is 66.8 cm³/mol. The van der Waals surface area contributed by atoms with E-state index in [0.717, 1.165) is 25.0 Å². The Morgan fingerprint density at radius 2 is 2.05 bits per heavy atom. The van der Waals surface area contributed by atoms with E-state index in [1.165, 1.54) is 6.07 Å². The maximum Gasteiger partial charge on any atom is 0.419 e. The van der Waals surface area contributed by atoms with Crippen molar-refractivity contribution >= 4 is 0 Å². The summed E-state index contributed by atoms with van der Waals surface area (Å²) in [6.45, 7) is 2.44. The van der Waals surface area contributed by atoms with Gasteiger partial charge in [0, 0.05) is 6.61 Å². The van der Waals surface area contributed by atoms with Gasteiger partial charge in [0.2, 0.25) is 0 Å². The summed E-state index contributed by atoms with van der Waals surface area (Å²) in [6, 6.07) is 2.69. The van der Waals surface area contributed by atoms with Gasteiger partial charge in [-0.05, 0) is 44.5 Å². The van der Waals surface area contributed by atoms with Crippen molar-refractivity contribution in [1.82, 2.24) is 5.32 Å². The molecule has 0 aromatic heterocycles. The van der Waals surface area contributed by atoms with Gasteiger partial charge in [0.25, 0.3) is 0 Å². The molecule has 0 bridgehead atoms. The van der Waals surface area contributed by atoms with Crippen molar-refractivity contribution < 1.29 is 22.3 Å². The molecule has 0 aliphatic carbocycles. The number of benzene rings is 1. The Kier molecular flexibility index (Phi) is 4.07. The Labute approximate surface area is 115 Å². The van der Waals surface area contributed by atoms with E-state index in [0.29, 0.717) is 12.2 Å². The van der Waals surface area contributed by atoms with E-state index in [2.05, 4.69) is 5.32 Å². The van der Waals surface area contributed by atoms with E-state index in [4.69, 9.17) is 4.74 Å². The summed E-state index contributed by atoms with van der Waals surface area (Å²) < 4.78 is 57.3. The maximum absolute atomic E-state index is 13.3. The fourth-order valence-corrected chi connectivity index (χ4v) is 2.79. The Hall–Kier alpha value is -1.14. The minimum absolute atomic E-state index is 0.380. The molecule has 2 rings (SSSR count). The molecule has 1 aromatic rings. The summed E-state index contributed by atoms with van der Waals surface area (Å²) in [7, 11) is 1.66. The van der Waals surface area contributed by atoms with Gasteiger partial charge in [0.1, 0.15) is 5.82 Å². The summed E-state index contributed by atoms with van der Waals surface area (Å²) in [6.07, 6.45) is -3.09. The molecule has 2 atom stereocenters. The minimum atomic E-state index is -4.70. The van der Waals surface area contributed by atoms with Gasteiger partial charge >= 0.3 is 6.18 Å². The predicted octanol–water partition coefficient (Wildman–Crippen LogP) is 3.67. The van der Waals surface area contributed by atoms with Crippen molar-refractivity contribution in [2.45, 2.75) is 37.6 Å². The lowest BCUT2D eigenvalue weighted by Gasteiger charge is -2.33. The Bertz CT molecular complexity index is 481. The normalized spacial score (nSPS) is 24.9. The van der Waals surface area contributed by atoms with Gasteiger partial charge in [0.15, 0.2) is 0 Å². The van der Waals surface area contributed by atoms with Crippen molar-refractivity contribution in [2.75, 3.05) is 13.7 Å². The lowest BCUT2D eigenvalue weighted by molar-refractivity contribution is -0.140. The maximum atomic E-state index is 13.3. The molecule has 0 saturated carbocycles. The molecule has 1 N–H and O–H groups in total. The van der Waals surface area contributed by atoms with Crippen LogP contribution in [0.15, 0.2) is 18.2 Å². The first kappa shape index (κ1) is 15.3. The largest absolute Gasteiger partial charge is 0.419 e. The Morgan fingerprint density at radius 1 is 1.35 bits per heavy atom. The molecule has 6 heteroatoms. The number of rotatable bonds is 3. The van der Waals surface area contributed by atoms with Crippen molar-refractivity contribution in [1.29, 1.82) is 0 Å². The molecule has 20 heavy (non-hydrogen) atoms. The molecule has 2 unspecified atom stereocenters. The molecule has 0 spiro atoms. The number of nitrogens with one attached hydrogen (secondary N) is 1. The Morgan fingerprint density at radius 3 is 2.55 bits per heavy atom. The van der Waals surface area contributed by atoms with E-state index in [-0.39, 0.29) is 0 Å². The van der Waals surface area contributed by atoms with Crippen LogP contribution in [-0.2, 0) is 10.9 Å². The third kappa shape index (κ3) is 2.81. The molecule has 1 heterocycles. The second-order valence-corrected chi connectivity index (χ2v) is 5.22. The highest BCUT2D eigenvalue weighted by Crippen LogP contribution is 2.39. The van der Waals surface area contributed by atoms with E-state index in [1.54, 1.807) is 7.05 Å². The van der Waals surface area contributed by atoms with Crippen LogP contribution in [0.1, 0.15) is 36.9 Å². The fourth-order valence-electron chi connectivity index (χ4n) is 2.79. The number of alkyl halides is 3. The van der Waals surface area contributed by atoms with Gasteiger partial charge in [0.05, 0.1) is 17.2 Å². The number of ether oxygens (including phenoxy) is 1. The van der Waals surface area contributed by atoms with Gasteiger partial charge in [-0.3, -0.25) is 0 Å². The van der Waals surface area contributed by atoms with Gasteiger partial charge in [-0.2, -0.15) is 13.2 Å². The number of likely N-dealkylation sites (N-methyl/N-ethyl adjacent to an activating group) is 1. The monoisotopic (exact) mass is 291 g/mol. The summed E-state index contributed by atoms with van der Waals surface area (Å²) in [5.41, 5.74) is -1.43. The zero-order chi connectivity index (χ0) is 15.0. The molecule has 1 aliphatic heterocycles. The molecule has 1 aromatic carbocycles. The highest BCUT2D eigenvalue weighted by molar-refractivity contribution is 5.31. The van der Waals surface area contributed by atoms with Crippen LogP contribution < -0.4 is 5.32 Å². The third-order valence-corrected chi connectivity index (χ3v) is 3.78. The highest BCUT2D eigenvalue weighted by atomic mass is 19.4. The van der Waals surface area contributed by atoms with Crippen LogP contribution in [0.5, 0.6) is 0 Å². The topological polar surface area (TPSA) is 21.3 Å². The summed E-state index contributed by atoms with van der Waals surface area (Å²) in [5.74, 6) is -1.26. The lowest BCUT2D eigenvalue weighted by Crippen LogP contribution is -2.39. The first-order valence-electron chi connectivity index (χ1n) is 6.46. The van der Waals surface area contributed by atoms with Crippen LogP contribution in [0.4, 0.5) is 17.6 Å². The highest BCUT2D eigenvalue weighted by Gasteiger charge is 2.40. The minimum Gasteiger partial charge on any atom is -0.373 e. The third-order valence-electron chi connectivity index (χ3n) is 3.78. The van der Waals surface area contributed by atoms with Crippen molar-refractivity contribution in [2.24, 2.45) is 0 Å². The second kappa shape index (κ2) is 5.33. The standard InChI is InChI=1S/C14H17F4NO/c1-13(6-3-7-20-13)12(19-2)9-4-5-11(15)10(8-9)14(16,17)18/h4-5,8,12,19H,3,6-7H2,1-2H3. The van der Waals surface area contributed by atoms with Crippen LogP contribution in [0, 0.1) is 5.82 Å². The van der Waals surface area contributed by atoms with Crippen LogP contribution in [0.3, 0.4) is 0 Å². The molecule has 2 nitrogen and oxygen atoms in total. The molecule has 1 aliphatic rings. The number of hydrogen-bond acceptors (Lipinski definition) is 2. The molecular weight excluding hydrogens is 274 g/mol. The average Bonchev–Trinajstić information content (AvgIpc) is 2.78. The van der Waals surface area contributed by atoms with Crippen LogP contribution in [0.2, 0.25) is 0 Å². The number of hydrogen-bond donors (Lipinski definition) is 1. The van der Waals surface area contributed by atoms with Crippen LogP contribution >= 0.6 is 0 Å². The van der Waals surface area contributed by atoms with E-state index in [9.17, 15) is 17.6 Å². The smallest absolute Gasteiger partial charge is 0.373 e. The van der Waals surface area contributed by atoms with E-state index in [1.807, 2.05) is 6.92 Å². The van der Waals surface area contributed by atoms with E-state index >= 15 is 0 Å². The molecule has 112 valence electrons. The van der Waals surface area contributed by atoms with Crippen LogP contribution in [0.25, 0.3) is 0 Å². The molecule has 1 saturated heterocycles. The van der Waals surface area contributed by atoms with Gasteiger partial charge in [-0.15, -0.1) is 0 Å². The van der Waals surface area contributed by atoms with Crippen LogP contribution in [-0.4, -0.2) is 19.3 Å². The summed E-state index contributed by atoms with van der Waals surface area (Å²) in [4.78, 5) is 0. The van der Waals surface area contributed by atoms with Gasteiger partial charge in [-0.25, -0.2) is 4.39 Å². The fraction of sp³-hybridized carbons (Fsp3) is 0.571.